The Kier molecular flexibility index (Phi) is 4.76. The van der Waals surface area contributed by atoms with Crippen LogP contribution in [0.5, 0.6) is 0 Å². The van der Waals surface area contributed by atoms with Crippen LogP contribution in [0, 0.1) is 0 Å². The molecule has 2 heterocycles. The van der Waals surface area contributed by atoms with E-state index < -0.39 is 5.60 Å². The topological polar surface area (TPSA) is 56.3 Å². The van der Waals surface area contributed by atoms with Crippen molar-refractivity contribution in [3.63, 3.8) is 0 Å². The van der Waals surface area contributed by atoms with Gasteiger partial charge < -0.3 is 10.1 Å². The number of piperidine rings is 1. The Morgan fingerprint density at radius 2 is 1.69 bits per heavy atom. The summed E-state index contributed by atoms with van der Waals surface area (Å²) in [5.41, 5.74) is 4.90. The quantitative estimate of drug-likeness (QED) is 0.716. The van der Waals surface area contributed by atoms with E-state index in [4.69, 9.17) is 0 Å². The van der Waals surface area contributed by atoms with Gasteiger partial charge in [0.05, 0.1) is 5.60 Å². The number of rotatable bonds is 3. The summed E-state index contributed by atoms with van der Waals surface area (Å²) in [7, 11) is 0. The van der Waals surface area contributed by atoms with E-state index in [0.717, 1.165) is 68.4 Å². The molecule has 0 saturated carbocycles. The largest absolute Gasteiger partial charge is 0.385 e. The fraction of sp³-hybridized carbons (Fsp3) is 0.400. The molecule has 2 N–H and O–H groups in total. The van der Waals surface area contributed by atoms with Crippen molar-refractivity contribution >= 4 is 10.9 Å². The molecule has 0 atom stereocenters. The van der Waals surface area contributed by atoms with E-state index >= 15 is 0 Å². The number of aromatic nitrogens is 1. The normalized spacial score (nSPS) is 19.2. The molecule has 1 aliphatic carbocycles. The van der Waals surface area contributed by atoms with Crippen LogP contribution in [0.2, 0.25) is 0 Å². The van der Waals surface area contributed by atoms with E-state index in [1.54, 1.807) is 0 Å². The van der Waals surface area contributed by atoms with E-state index in [0.29, 0.717) is 0 Å². The van der Waals surface area contributed by atoms with Crippen molar-refractivity contribution in [2.24, 2.45) is 0 Å². The number of likely N-dealkylation sites (tertiary alicyclic amines) is 1. The van der Waals surface area contributed by atoms with Crippen LogP contribution in [0.15, 0.2) is 53.3 Å². The minimum absolute atomic E-state index is 0.0937. The summed E-state index contributed by atoms with van der Waals surface area (Å²) < 4.78 is 0. The molecule has 0 unspecified atom stereocenters. The molecule has 2 aromatic carbocycles. The highest BCUT2D eigenvalue weighted by Crippen LogP contribution is 2.33. The lowest BCUT2D eigenvalue weighted by molar-refractivity contribution is -0.0277. The Balaban J connectivity index is 1.35. The first kappa shape index (κ1) is 18.6. The van der Waals surface area contributed by atoms with Crippen LogP contribution in [0.1, 0.15) is 47.9 Å². The van der Waals surface area contributed by atoms with E-state index in [1.807, 2.05) is 30.3 Å². The first-order valence-electron chi connectivity index (χ1n) is 10.8. The van der Waals surface area contributed by atoms with Crippen LogP contribution in [0.25, 0.3) is 10.9 Å². The molecule has 0 radical (unpaired) electrons. The van der Waals surface area contributed by atoms with Crippen LogP contribution >= 0.6 is 0 Å². The summed E-state index contributed by atoms with van der Waals surface area (Å²) in [5.74, 6) is 0. The van der Waals surface area contributed by atoms with Gasteiger partial charge in [-0.1, -0.05) is 36.4 Å². The van der Waals surface area contributed by atoms with Gasteiger partial charge in [0.25, 0.3) is 5.56 Å². The van der Waals surface area contributed by atoms with Gasteiger partial charge in [-0.3, -0.25) is 9.69 Å². The number of hydrogen-bond acceptors (Lipinski definition) is 3. The van der Waals surface area contributed by atoms with Crippen LogP contribution in [0.4, 0.5) is 0 Å². The minimum atomic E-state index is -0.709. The van der Waals surface area contributed by atoms with Crippen molar-refractivity contribution in [3.8, 4) is 0 Å². The molecule has 5 rings (SSSR count). The van der Waals surface area contributed by atoms with Crippen LogP contribution in [-0.2, 0) is 25.0 Å². The molecule has 1 saturated heterocycles. The Morgan fingerprint density at radius 1 is 0.966 bits per heavy atom. The highest BCUT2D eigenvalue weighted by atomic mass is 16.3. The molecule has 29 heavy (non-hydrogen) atoms. The number of aromatic amines is 1. The molecular weight excluding hydrogens is 360 g/mol. The molecule has 1 aliphatic heterocycles. The van der Waals surface area contributed by atoms with Gasteiger partial charge >= 0.3 is 0 Å². The van der Waals surface area contributed by atoms with Crippen molar-refractivity contribution in [2.75, 3.05) is 13.1 Å². The second-order valence-corrected chi connectivity index (χ2v) is 8.67. The van der Waals surface area contributed by atoms with Crippen LogP contribution in [-0.4, -0.2) is 28.1 Å². The predicted octanol–water partition coefficient (Wildman–Crippen LogP) is 3.89. The number of aryl methyl sites for hydroxylation is 1. The lowest BCUT2D eigenvalue weighted by Gasteiger charge is -2.38. The van der Waals surface area contributed by atoms with E-state index in [9.17, 15) is 9.90 Å². The Morgan fingerprint density at radius 3 is 2.45 bits per heavy atom. The maximum absolute atomic E-state index is 12.4. The second-order valence-electron chi connectivity index (χ2n) is 8.67. The van der Waals surface area contributed by atoms with Crippen molar-refractivity contribution < 1.29 is 5.11 Å². The van der Waals surface area contributed by atoms with Gasteiger partial charge in [-0.05, 0) is 67.3 Å². The van der Waals surface area contributed by atoms with Gasteiger partial charge in [-0.25, -0.2) is 0 Å². The fourth-order valence-electron chi connectivity index (χ4n) is 5.08. The zero-order valence-electron chi connectivity index (χ0n) is 16.8. The highest BCUT2D eigenvalue weighted by Gasteiger charge is 2.33. The SMILES string of the molecule is O=c1[nH]c2ccc(CN3CCC(O)(c4ccccc4)CC3)cc2c2c1CCCC2. The molecule has 150 valence electrons. The van der Waals surface area contributed by atoms with E-state index in [2.05, 4.69) is 28.1 Å². The molecular formula is C25H28N2O2. The maximum atomic E-state index is 12.4. The van der Waals surface area contributed by atoms with Crippen molar-refractivity contribution in [2.45, 2.75) is 50.7 Å². The first-order valence-corrected chi connectivity index (χ1v) is 10.8. The number of hydrogen-bond donors (Lipinski definition) is 2. The molecule has 4 heteroatoms. The average molecular weight is 389 g/mol. The predicted molar refractivity (Wildman–Crippen MR) is 116 cm³/mol. The Hall–Kier alpha value is -2.43. The molecule has 3 aromatic rings. The summed E-state index contributed by atoms with van der Waals surface area (Å²) >= 11 is 0. The zero-order chi connectivity index (χ0) is 19.8. The van der Waals surface area contributed by atoms with Gasteiger partial charge in [0.15, 0.2) is 0 Å². The van der Waals surface area contributed by atoms with Crippen LogP contribution < -0.4 is 5.56 Å². The average Bonchev–Trinajstić information content (AvgIpc) is 2.77. The number of H-pyrrole nitrogens is 1. The second kappa shape index (κ2) is 7.43. The highest BCUT2D eigenvalue weighted by molar-refractivity contribution is 5.84. The van der Waals surface area contributed by atoms with Gasteiger partial charge in [0.2, 0.25) is 0 Å². The number of pyridine rings is 1. The van der Waals surface area contributed by atoms with E-state index in [-0.39, 0.29) is 5.56 Å². The molecule has 1 fully saturated rings. The minimum Gasteiger partial charge on any atom is -0.385 e. The van der Waals surface area contributed by atoms with Crippen molar-refractivity contribution in [1.82, 2.24) is 9.88 Å². The zero-order valence-corrected chi connectivity index (χ0v) is 16.8. The fourth-order valence-corrected chi connectivity index (χ4v) is 5.08. The van der Waals surface area contributed by atoms with Gasteiger partial charge in [-0.2, -0.15) is 0 Å². The number of fused-ring (bicyclic) bond motifs is 3. The lowest BCUT2D eigenvalue weighted by atomic mass is 9.84. The third-order valence-corrected chi connectivity index (χ3v) is 6.80. The molecule has 0 amide bonds. The first-order chi connectivity index (χ1) is 14.1. The maximum Gasteiger partial charge on any atom is 0.251 e. The monoisotopic (exact) mass is 388 g/mol. The Labute approximate surface area is 171 Å². The molecule has 0 bridgehead atoms. The summed E-state index contributed by atoms with van der Waals surface area (Å²) in [6, 6.07) is 16.5. The van der Waals surface area contributed by atoms with Gasteiger partial charge in [0.1, 0.15) is 0 Å². The Bertz CT molecular complexity index is 1080. The standard InChI is InChI=1S/C25H28N2O2/c28-24-21-9-5-4-8-20(21)22-16-18(10-11-23(22)26-24)17-27-14-12-25(29,13-15-27)19-6-2-1-3-7-19/h1-3,6-7,10-11,16,29H,4-5,8-9,12-15,17H2,(H,26,28). The smallest absolute Gasteiger partial charge is 0.251 e. The third kappa shape index (κ3) is 3.52. The molecule has 1 aromatic heterocycles. The summed E-state index contributed by atoms with van der Waals surface area (Å²) in [6.07, 6.45) is 5.70. The van der Waals surface area contributed by atoms with Crippen molar-refractivity contribution in [3.05, 3.63) is 81.1 Å². The number of nitrogens with zero attached hydrogens (tertiary/aromatic N) is 1. The molecule has 2 aliphatic rings. The van der Waals surface area contributed by atoms with Gasteiger partial charge in [0, 0.05) is 36.1 Å². The number of aliphatic hydroxyl groups is 1. The summed E-state index contributed by atoms with van der Waals surface area (Å²) in [5, 5.41) is 12.3. The number of nitrogens with one attached hydrogen (secondary N) is 1. The summed E-state index contributed by atoms with van der Waals surface area (Å²) in [6.45, 7) is 2.65. The lowest BCUT2D eigenvalue weighted by Crippen LogP contribution is -2.42. The third-order valence-electron chi connectivity index (χ3n) is 6.80. The molecule has 0 spiro atoms. The van der Waals surface area contributed by atoms with Crippen LogP contribution in [0.3, 0.4) is 0 Å². The number of benzene rings is 2. The molecule has 4 nitrogen and oxygen atoms in total. The van der Waals surface area contributed by atoms with Crippen molar-refractivity contribution in [1.29, 1.82) is 0 Å². The van der Waals surface area contributed by atoms with Gasteiger partial charge in [-0.15, -0.1) is 0 Å². The summed E-state index contributed by atoms with van der Waals surface area (Å²) in [4.78, 5) is 17.9. The van der Waals surface area contributed by atoms with E-state index in [1.165, 1.54) is 22.9 Å².